The van der Waals surface area contributed by atoms with Crippen LogP contribution in [-0.4, -0.2) is 21.7 Å². The van der Waals surface area contributed by atoms with Gasteiger partial charge in [0.25, 0.3) is 5.89 Å². The van der Waals surface area contributed by atoms with Crippen LogP contribution in [0.15, 0.2) is 29.0 Å². The highest BCUT2D eigenvalue weighted by atomic mass is 16.5. The Balaban J connectivity index is 1.68. The Labute approximate surface area is 117 Å². The van der Waals surface area contributed by atoms with E-state index in [1.807, 2.05) is 12.4 Å². The molecule has 0 aromatic carbocycles. The average molecular weight is 271 g/mol. The molecule has 2 aromatic rings. The molecule has 0 unspecified atom stereocenters. The van der Waals surface area contributed by atoms with Gasteiger partial charge in [0.1, 0.15) is 6.10 Å². The molecule has 4 rings (SSSR count). The summed E-state index contributed by atoms with van der Waals surface area (Å²) in [5.41, 5.74) is 1.15. The highest BCUT2D eigenvalue weighted by Crippen LogP contribution is 2.47. The van der Waals surface area contributed by atoms with E-state index in [2.05, 4.69) is 27.3 Å². The predicted octanol–water partition coefficient (Wildman–Crippen LogP) is 2.79. The highest BCUT2D eigenvalue weighted by molar-refractivity contribution is 5.34. The van der Waals surface area contributed by atoms with E-state index in [-0.39, 0.29) is 11.5 Å². The molecule has 1 atom stereocenters. The van der Waals surface area contributed by atoms with Gasteiger partial charge in [-0.25, -0.2) is 0 Å². The van der Waals surface area contributed by atoms with Crippen molar-refractivity contribution in [2.75, 3.05) is 6.61 Å². The van der Waals surface area contributed by atoms with Crippen LogP contribution in [0.5, 0.6) is 0 Å². The van der Waals surface area contributed by atoms with Crippen LogP contribution in [0, 0.1) is 0 Å². The van der Waals surface area contributed by atoms with Crippen LogP contribution in [0.2, 0.25) is 0 Å². The monoisotopic (exact) mass is 271 g/mol. The van der Waals surface area contributed by atoms with Crippen molar-refractivity contribution in [1.82, 2.24) is 15.1 Å². The smallest absolute Gasteiger partial charge is 0.255 e. The lowest BCUT2D eigenvalue weighted by Crippen LogP contribution is -2.36. The first kappa shape index (κ1) is 12.0. The van der Waals surface area contributed by atoms with E-state index in [0.29, 0.717) is 5.89 Å². The molecule has 0 radical (unpaired) electrons. The van der Waals surface area contributed by atoms with E-state index in [4.69, 9.17) is 9.26 Å². The Bertz CT molecular complexity index is 586. The van der Waals surface area contributed by atoms with Crippen LogP contribution in [-0.2, 0) is 10.2 Å². The third-order valence-electron chi connectivity index (χ3n) is 4.51. The summed E-state index contributed by atoms with van der Waals surface area (Å²) in [6, 6.07) is 4.11. The van der Waals surface area contributed by atoms with Gasteiger partial charge in [-0.2, -0.15) is 4.98 Å². The topological polar surface area (TPSA) is 61.0 Å². The summed E-state index contributed by atoms with van der Waals surface area (Å²) >= 11 is 0. The molecule has 2 fully saturated rings. The largest absolute Gasteiger partial charge is 0.368 e. The fourth-order valence-electron chi connectivity index (χ4n) is 3.18. The zero-order valence-corrected chi connectivity index (χ0v) is 11.3. The van der Waals surface area contributed by atoms with Gasteiger partial charge in [0, 0.05) is 19.0 Å². The van der Waals surface area contributed by atoms with Crippen LogP contribution in [0.1, 0.15) is 55.5 Å². The summed E-state index contributed by atoms with van der Waals surface area (Å²) < 4.78 is 11.1. The molecule has 5 heteroatoms. The number of aromatic nitrogens is 3. The first-order chi connectivity index (χ1) is 9.88. The minimum Gasteiger partial charge on any atom is -0.368 e. The molecule has 0 bridgehead atoms. The standard InChI is InChI=1S/C15H17N3O2/c1-3-12(19-10-1)13-17-14(18-20-13)15(6-2-7-15)11-4-8-16-9-5-11/h4-5,8-9,12H,1-3,6-7,10H2/t12-/m1/s1. The molecule has 1 saturated heterocycles. The van der Waals surface area contributed by atoms with Crippen LogP contribution in [0.3, 0.4) is 0 Å². The van der Waals surface area contributed by atoms with Crippen molar-refractivity contribution in [3.8, 4) is 0 Å². The van der Waals surface area contributed by atoms with Crippen molar-refractivity contribution in [3.05, 3.63) is 41.8 Å². The summed E-state index contributed by atoms with van der Waals surface area (Å²) in [5.74, 6) is 1.44. The number of hydrogen-bond donors (Lipinski definition) is 0. The number of rotatable bonds is 3. The maximum absolute atomic E-state index is 5.62. The Kier molecular flexibility index (Phi) is 2.80. The van der Waals surface area contributed by atoms with E-state index in [0.717, 1.165) is 38.1 Å². The van der Waals surface area contributed by atoms with Gasteiger partial charge in [-0.05, 0) is 43.4 Å². The number of ether oxygens (including phenoxy) is 1. The summed E-state index contributed by atoms with van der Waals surface area (Å²) in [5, 5.41) is 4.24. The maximum atomic E-state index is 5.62. The van der Waals surface area contributed by atoms with Crippen LogP contribution in [0.4, 0.5) is 0 Å². The second-order valence-electron chi connectivity index (χ2n) is 5.63. The number of nitrogens with zero attached hydrogens (tertiary/aromatic N) is 3. The van der Waals surface area contributed by atoms with Crippen molar-refractivity contribution < 1.29 is 9.26 Å². The van der Waals surface area contributed by atoms with Crippen molar-refractivity contribution >= 4 is 0 Å². The predicted molar refractivity (Wildman–Crippen MR) is 71.1 cm³/mol. The summed E-state index contributed by atoms with van der Waals surface area (Å²) in [6.45, 7) is 0.790. The normalized spacial score (nSPS) is 24.5. The summed E-state index contributed by atoms with van der Waals surface area (Å²) in [6.07, 6.45) is 9.04. The van der Waals surface area contributed by atoms with Crippen molar-refractivity contribution in [1.29, 1.82) is 0 Å². The Morgan fingerprint density at radius 3 is 2.65 bits per heavy atom. The van der Waals surface area contributed by atoms with Gasteiger partial charge in [-0.3, -0.25) is 4.98 Å². The van der Waals surface area contributed by atoms with Crippen molar-refractivity contribution in [2.24, 2.45) is 0 Å². The van der Waals surface area contributed by atoms with Gasteiger partial charge in [0.2, 0.25) is 0 Å². The molecule has 0 N–H and O–H groups in total. The van der Waals surface area contributed by atoms with Gasteiger partial charge in [-0.1, -0.05) is 11.6 Å². The van der Waals surface area contributed by atoms with Gasteiger partial charge in [0.05, 0.1) is 5.41 Å². The molecule has 2 aliphatic rings. The molecule has 1 aliphatic heterocycles. The summed E-state index contributed by atoms with van der Waals surface area (Å²) in [4.78, 5) is 8.73. The maximum Gasteiger partial charge on any atom is 0.255 e. The molecule has 0 spiro atoms. The third-order valence-corrected chi connectivity index (χ3v) is 4.51. The molecule has 20 heavy (non-hydrogen) atoms. The lowest BCUT2D eigenvalue weighted by molar-refractivity contribution is 0.0835. The van der Waals surface area contributed by atoms with Gasteiger partial charge >= 0.3 is 0 Å². The minimum atomic E-state index is -0.0801. The van der Waals surface area contributed by atoms with E-state index in [1.165, 1.54) is 12.0 Å². The molecule has 104 valence electrons. The summed E-state index contributed by atoms with van der Waals surface area (Å²) in [7, 11) is 0. The van der Waals surface area contributed by atoms with E-state index in [9.17, 15) is 0 Å². The second kappa shape index (κ2) is 4.66. The first-order valence-electron chi connectivity index (χ1n) is 7.25. The molecule has 5 nitrogen and oxygen atoms in total. The minimum absolute atomic E-state index is 0.00850. The zero-order valence-electron chi connectivity index (χ0n) is 11.3. The fourth-order valence-corrected chi connectivity index (χ4v) is 3.18. The lowest BCUT2D eigenvalue weighted by Gasteiger charge is -2.39. The van der Waals surface area contributed by atoms with E-state index >= 15 is 0 Å². The van der Waals surface area contributed by atoms with Gasteiger partial charge in [-0.15, -0.1) is 0 Å². The van der Waals surface area contributed by atoms with E-state index in [1.54, 1.807) is 0 Å². The molecule has 3 heterocycles. The molecule has 0 amide bonds. The van der Waals surface area contributed by atoms with Gasteiger partial charge in [0.15, 0.2) is 5.82 Å². The number of pyridine rings is 1. The Hall–Kier alpha value is -1.75. The van der Waals surface area contributed by atoms with Gasteiger partial charge < -0.3 is 9.26 Å². The van der Waals surface area contributed by atoms with Crippen LogP contribution >= 0.6 is 0 Å². The molecule has 2 aromatic heterocycles. The lowest BCUT2D eigenvalue weighted by atomic mass is 9.64. The Morgan fingerprint density at radius 2 is 2.00 bits per heavy atom. The van der Waals surface area contributed by atoms with Crippen molar-refractivity contribution in [3.63, 3.8) is 0 Å². The zero-order chi connectivity index (χ0) is 13.4. The fraction of sp³-hybridized carbons (Fsp3) is 0.533. The molecular formula is C15H17N3O2. The second-order valence-corrected chi connectivity index (χ2v) is 5.63. The highest BCUT2D eigenvalue weighted by Gasteiger charge is 2.45. The first-order valence-corrected chi connectivity index (χ1v) is 7.25. The van der Waals surface area contributed by atoms with Crippen molar-refractivity contribution in [2.45, 2.75) is 43.6 Å². The average Bonchev–Trinajstić information content (AvgIpc) is 3.09. The molecule has 1 saturated carbocycles. The molecule has 1 aliphatic carbocycles. The quantitative estimate of drug-likeness (QED) is 0.859. The van der Waals surface area contributed by atoms with Crippen LogP contribution in [0.25, 0.3) is 0 Å². The van der Waals surface area contributed by atoms with Crippen LogP contribution < -0.4 is 0 Å². The molecular weight excluding hydrogens is 254 g/mol. The SMILES string of the molecule is c1cc(C2(c3noc([C@H]4CCCO4)n3)CCC2)ccn1. The van der Waals surface area contributed by atoms with E-state index < -0.39 is 0 Å². The number of hydrogen-bond acceptors (Lipinski definition) is 5. The Morgan fingerprint density at radius 1 is 1.15 bits per heavy atom. The third kappa shape index (κ3) is 1.77.